The summed E-state index contributed by atoms with van der Waals surface area (Å²) in [4.78, 5) is 50.7. The first-order valence-corrected chi connectivity index (χ1v) is 9.55. The molecule has 1 N–H and O–H groups in total. The Labute approximate surface area is 162 Å². The van der Waals surface area contributed by atoms with Crippen LogP contribution < -0.4 is 5.56 Å². The minimum atomic E-state index is -0.329. The fourth-order valence-corrected chi connectivity index (χ4v) is 4.29. The quantitative estimate of drug-likeness (QED) is 0.862. The third kappa shape index (κ3) is 3.81. The van der Waals surface area contributed by atoms with Crippen LogP contribution in [0.5, 0.6) is 0 Å². The molecule has 0 radical (unpaired) electrons. The van der Waals surface area contributed by atoms with Crippen LogP contribution >= 0.6 is 0 Å². The van der Waals surface area contributed by atoms with Crippen molar-refractivity contribution in [3.05, 3.63) is 58.5 Å². The number of likely N-dealkylation sites (tertiary alicyclic amines) is 2. The Kier molecular flexibility index (Phi) is 4.93. The zero-order chi connectivity index (χ0) is 19.6. The molecule has 0 unspecified atom stereocenters. The number of nitrogens with one attached hydrogen (secondary N) is 1. The summed E-state index contributed by atoms with van der Waals surface area (Å²) in [5.41, 5.74) is 0.889. The fourth-order valence-electron chi connectivity index (χ4n) is 4.29. The second kappa shape index (κ2) is 7.53. The summed E-state index contributed by atoms with van der Waals surface area (Å²) in [6, 6.07) is 3.85. The van der Waals surface area contributed by atoms with E-state index >= 15 is 0 Å². The molecule has 2 aromatic rings. The van der Waals surface area contributed by atoms with Gasteiger partial charge in [-0.25, -0.2) is 4.98 Å². The number of H-pyrrole nitrogens is 1. The van der Waals surface area contributed by atoms with Crippen molar-refractivity contribution in [3.8, 4) is 0 Å². The van der Waals surface area contributed by atoms with Crippen LogP contribution in [0, 0.1) is 5.41 Å². The van der Waals surface area contributed by atoms with Gasteiger partial charge in [-0.2, -0.15) is 0 Å². The predicted molar refractivity (Wildman–Crippen MR) is 101 cm³/mol. The number of aromatic nitrogens is 3. The second-order valence-corrected chi connectivity index (χ2v) is 7.73. The van der Waals surface area contributed by atoms with Gasteiger partial charge in [0.1, 0.15) is 5.69 Å². The molecule has 0 aliphatic carbocycles. The van der Waals surface area contributed by atoms with Crippen molar-refractivity contribution in [2.45, 2.75) is 32.2 Å². The van der Waals surface area contributed by atoms with Crippen LogP contribution in [0.25, 0.3) is 0 Å². The molecule has 2 fully saturated rings. The van der Waals surface area contributed by atoms with E-state index in [2.05, 4.69) is 15.0 Å². The Morgan fingerprint density at radius 2 is 2.00 bits per heavy atom. The highest BCUT2D eigenvalue weighted by molar-refractivity contribution is 5.92. The highest BCUT2D eigenvalue weighted by Gasteiger charge is 2.43. The average molecular weight is 381 g/mol. The number of carbonyl (C=O) groups excluding carboxylic acids is 2. The van der Waals surface area contributed by atoms with Gasteiger partial charge < -0.3 is 14.8 Å². The number of aromatic amines is 1. The van der Waals surface area contributed by atoms with Gasteiger partial charge >= 0.3 is 0 Å². The number of hydrogen-bond donors (Lipinski definition) is 1. The van der Waals surface area contributed by atoms with Crippen molar-refractivity contribution in [2.75, 3.05) is 19.6 Å². The lowest BCUT2D eigenvalue weighted by Gasteiger charge is -2.48. The van der Waals surface area contributed by atoms with E-state index in [1.807, 2.05) is 21.9 Å². The lowest BCUT2D eigenvalue weighted by molar-refractivity contribution is -0.139. The van der Waals surface area contributed by atoms with Crippen molar-refractivity contribution in [2.24, 2.45) is 5.41 Å². The molecule has 0 saturated carbocycles. The van der Waals surface area contributed by atoms with Crippen LogP contribution in [-0.2, 0) is 11.3 Å². The van der Waals surface area contributed by atoms with E-state index in [9.17, 15) is 14.4 Å². The number of nitrogens with zero attached hydrogens (tertiary/aromatic N) is 4. The van der Waals surface area contributed by atoms with Gasteiger partial charge in [0.15, 0.2) is 0 Å². The van der Waals surface area contributed by atoms with Crippen LogP contribution in [0.1, 0.15) is 41.7 Å². The first-order chi connectivity index (χ1) is 13.5. The molecule has 28 heavy (non-hydrogen) atoms. The Balaban J connectivity index is 1.49. The highest BCUT2D eigenvalue weighted by atomic mass is 16.2. The van der Waals surface area contributed by atoms with Gasteiger partial charge in [-0.05, 0) is 37.0 Å². The smallest absolute Gasteiger partial charge is 0.273 e. The summed E-state index contributed by atoms with van der Waals surface area (Å²) in [7, 11) is 0. The first kappa shape index (κ1) is 18.3. The van der Waals surface area contributed by atoms with Crippen LogP contribution in [0.2, 0.25) is 0 Å². The number of piperidine rings is 2. The maximum absolute atomic E-state index is 12.8. The number of hydrogen-bond acceptors (Lipinski definition) is 5. The normalized spacial score (nSPS) is 22.5. The monoisotopic (exact) mass is 381 g/mol. The van der Waals surface area contributed by atoms with E-state index in [1.54, 1.807) is 12.4 Å². The molecule has 146 valence electrons. The van der Waals surface area contributed by atoms with Gasteiger partial charge in [0.2, 0.25) is 5.91 Å². The van der Waals surface area contributed by atoms with Gasteiger partial charge in [0, 0.05) is 56.6 Å². The molecular weight excluding hydrogens is 358 g/mol. The number of pyridine rings is 1. The average Bonchev–Trinajstić information content (AvgIpc) is 2.72. The van der Waals surface area contributed by atoms with E-state index in [1.165, 1.54) is 6.20 Å². The lowest BCUT2D eigenvalue weighted by Crippen LogP contribution is -2.54. The molecule has 1 spiro atoms. The van der Waals surface area contributed by atoms with E-state index in [0.29, 0.717) is 32.6 Å². The van der Waals surface area contributed by atoms with E-state index in [-0.39, 0.29) is 28.5 Å². The first-order valence-electron chi connectivity index (χ1n) is 9.55. The molecule has 4 heterocycles. The SMILES string of the molecule is O=C1CC[C@@]2(CCCN(C(=O)c3c[nH]c(=O)cn3)C2)CN1Cc1ccncc1. The zero-order valence-electron chi connectivity index (χ0n) is 15.6. The number of amides is 2. The van der Waals surface area contributed by atoms with E-state index < -0.39 is 0 Å². The van der Waals surface area contributed by atoms with E-state index in [4.69, 9.17) is 0 Å². The molecule has 0 aromatic carbocycles. The summed E-state index contributed by atoms with van der Waals surface area (Å²) in [5, 5.41) is 0. The van der Waals surface area contributed by atoms with Crippen LogP contribution in [0.4, 0.5) is 0 Å². The third-order valence-electron chi connectivity index (χ3n) is 5.71. The van der Waals surface area contributed by atoms with Gasteiger partial charge in [-0.1, -0.05) is 0 Å². The minimum absolute atomic E-state index is 0.0863. The molecular formula is C20H23N5O3. The molecule has 0 bridgehead atoms. The van der Waals surface area contributed by atoms with Crippen LogP contribution in [0.3, 0.4) is 0 Å². The van der Waals surface area contributed by atoms with E-state index in [0.717, 1.165) is 31.0 Å². The summed E-state index contributed by atoms with van der Waals surface area (Å²) in [6.07, 6.45) is 9.15. The maximum atomic E-state index is 12.8. The Morgan fingerprint density at radius 3 is 2.75 bits per heavy atom. The molecule has 2 aliphatic heterocycles. The third-order valence-corrected chi connectivity index (χ3v) is 5.71. The lowest BCUT2D eigenvalue weighted by atomic mass is 9.73. The summed E-state index contributed by atoms with van der Waals surface area (Å²) in [6.45, 7) is 2.49. The topological polar surface area (TPSA) is 99.3 Å². The molecule has 2 amide bonds. The van der Waals surface area contributed by atoms with Gasteiger partial charge in [-0.3, -0.25) is 19.4 Å². The molecule has 2 aliphatic rings. The summed E-state index contributed by atoms with van der Waals surface area (Å²) < 4.78 is 0. The van der Waals surface area contributed by atoms with Crippen LogP contribution in [-0.4, -0.2) is 56.2 Å². The maximum Gasteiger partial charge on any atom is 0.273 e. The van der Waals surface area contributed by atoms with Gasteiger partial charge in [-0.15, -0.1) is 0 Å². The Hall–Kier alpha value is -3.03. The largest absolute Gasteiger partial charge is 0.338 e. The van der Waals surface area contributed by atoms with Gasteiger partial charge in [0.25, 0.3) is 11.5 Å². The number of carbonyl (C=O) groups is 2. The molecule has 8 nitrogen and oxygen atoms in total. The Morgan fingerprint density at radius 1 is 1.18 bits per heavy atom. The van der Waals surface area contributed by atoms with Crippen LogP contribution in [0.15, 0.2) is 41.7 Å². The number of rotatable bonds is 3. The van der Waals surface area contributed by atoms with Gasteiger partial charge in [0.05, 0.1) is 6.20 Å². The summed E-state index contributed by atoms with van der Waals surface area (Å²) in [5.74, 6) is -0.0129. The fraction of sp³-hybridized carbons (Fsp3) is 0.450. The summed E-state index contributed by atoms with van der Waals surface area (Å²) >= 11 is 0. The Bertz CT molecular complexity index is 908. The minimum Gasteiger partial charge on any atom is -0.338 e. The molecule has 4 rings (SSSR count). The molecule has 2 aromatic heterocycles. The molecule has 8 heteroatoms. The van der Waals surface area contributed by atoms with Crippen molar-refractivity contribution >= 4 is 11.8 Å². The van der Waals surface area contributed by atoms with Crippen molar-refractivity contribution in [3.63, 3.8) is 0 Å². The highest BCUT2D eigenvalue weighted by Crippen LogP contribution is 2.39. The molecule has 2 saturated heterocycles. The zero-order valence-corrected chi connectivity index (χ0v) is 15.6. The standard InChI is InChI=1S/C20H23N5O3/c26-17-11-22-16(10-23-17)19(28)24-9-1-5-20(13-24)6-2-18(27)25(14-20)12-15-3-7-21-8-4-15/h3-4,7-8,10-11H,1-2,5-6,9,12-14H2,(H,23,26)/t20-/m1/s1. The second-order valence-electron chi connectivity index (χ2n) is 7.73. The van der Waals surface area contributed by atoms with Crippen molar-refractivity contribution < 1.29 is 9.59 Å². The van der Waals surface area contributed by atoms with Crippen molar-refractivity contribution in [1.82, 2.24) is 24.8 Å². The predicted octanol–water partition coefficient (Wildman–Crippen LogP) is 1.21. The molecule has 1 atom stereocenters. The van der Waals surface area contributed by atoms with Crippen molar-refractivity contribution in [1.29, 1.82) is 0 Å².